The fourth-order valence-electron chi connectivity index (χ4n) is 2.30. The minimum absolute atomic E-state index is 0. The number of aliphatic hydroxyl groups is 1. The Morgan fingerprint density at radius 1 is 0.913 bits per heavy atom. The fourth-order valence-corrected chi connectivity index (χ4v) is 2.30. The van der Waals surface area contributed by atoms with Gasteiger partial charge in [-0.15, -0.1) is 17.0 Å². The van der Waals surface area contributed by atoms with Gasteiger partial charge in [0, 0.05) is 18.7 Å². The van der Waals surface area contributed by atoms with Crippen LogP contribution in [0, 0.1) is 0 Å². The molecule has 2 aromatic rings. The molecule has 126 valence electrons. The number of phenols is 3. The molecule has 2 rings (SSSR count). The summed E-state index contributed by atoms with van der Waals surface area (Å²) in [6, 6.07) is 11.2. The van der Waals surface area contributed by atoms with Crippen molar-refractivity contribution in [3.05, 3.63) is 53.6 Å². The number of aromatic hydroxyl groups is 3. The Morgan fingerprint density at radius 3 is 2.04 bits per heavy atom. The number of phenolic OH excluding ortho intramolecular Hbond substituents is 3. The molecule has 0 aromatic heterocycles. The molecule has 0 aliphatic heterocycles. The van der Waals surface area contributed by atoms with Crippen molar-refractivity contribution >= 4 is 17.0 Å². The molecule has 0 saturated carbocycles. The Labute approximate surface area is 146 Å². The highest BCUT2D eigenvalue weighted by Gasteiger charge is 2.12. The maximum Gasteiger partial charge on any atom is 0.119 e. The number of nitrogens with one attached hydrogen (secondary N) is 1. The first-order valence-corrected chi connectivity index (χ1v) is 7.16. The third kappa shape index (κ3) is 6.09. The minimum atomic E-state index is -0.819. The molecule has 0 fully saturated rings. The van der Waals surface area contributed by atoms with Crippen LogP contribution in [0.25, 0.3) is 0 Å². The van der Waals surface area contributed by atoms with Crippen LogP contribution >= 0.6 is 17.0 Å². The maximum atomic E-state index is 10.1. The molecule has 0 amide bonds. The van der Waals surface area contributed by atoms with E-state index in [0.29, 0.717) is 12.1 Å². The van der Waals surface area contributed by atoms with E-state index in [1.165, 1.54) is 18.2 Å². The van der Waals surface area contributed by atoms with E-state index in [1.807, 2.05) is 19.1 Å². The Kier molecular flexibility index (Phi) is 7.35. The van der Waals surface area contributed by atoms with Gasteiger partial charge in [-0.25, -0.2) is 0 Å². The molecule has 0 aliphatic carbocycles. The fraction of sp³-hybridized carbons (Fsp3) is 0.294. The molecule has 5 N–H and O–H groups in total. The summed E-state index contributed by atoms with van der Waals surface area (Å²) in [6.07, 6.45) is -0.0570. The first kappa shape index (κ1) is 19.3. The molecular weight excluding hydrogens is 362 g/mol. The van der Waals surface area contributed by atoms with Crippen molar-refractivity contribution in [3.8, 4) is 17.2 Å². The first-order chi connectivity index (χ1) is 10.4. The zero-order valence-electron chi connectivity index (χ0n) is 12.8. The van der Waals surface area contributed by atoms with Gasteiger partial charge in [-0.05, 0) is 48.7 Å². The normalized spacial score (nSPS) is 13.1. The van der Waals surface area contributed by atoms with E-state index in [4.69, 9.17) is 0 Å². The zero-order chi connectivity index (χ0) is 16.1. The molecule has 0 spiro atoms. The van der Waals surface area contributed by atoms with Crippen LogP contribution in [0.4, 0.5) is 0 Å². The van der Waals surface area contributed by atoms with Crippen molar-refractivity contribution in [3.63, 3.8) is 0 Å². The van der Waals surface area contributed by atoms with Gasteiger partial charge in [-0.1, -0.05) is 12.1 Å². The highest BCUT2D eigenvalue weighted by molar-refractivity contribution is 8.93. The summed E-state index contributed by atoms with van der Waals surface area (Å²) < 4.78 is 0. The lowest BCUT2D eigenvalue weighted by Gasteiger charge is -2.18. The summed E-state index contributed by atoms with van der Waals surface area (Å²) >= 11 is 0. The van der Waals surface area contributed by atoms with E-state index >= 15 is 0 Å². The number of hydrogen-bond acceptors (Lipinski definition) is 5. The maximum absolute atomic E-state index is 10.1. The van der Waals surface area contributed by atoms with Crippen LogP contribution in [0.15, 0.2) is 42.5 Å². The quantitative estimate of drug-likeness (QED) is 0.528. The number of halogens is 1. The molecule has 6 heteroatoms. The first-order valence-electron chi connectivity index (χ1n) is 7.16. The van der Waals surface area contributed by atoms with Crippen LogP contribution in [0.5, 0.6) is 17.2 Å². The monoisotopic (exact) mass is 383 g/mol. The van der Waals surface area contributed by atoms with E-state index in [9.17, 15) is 20.4 Å². The van der Waals surface area contributed by atoms with Crippen LogP contribution in [-0.4, -0.2) is 33.0 Å². The van der Waals surface area contributed by atoms with Crippen molar-refractivity contribution in [2.45, 2.75) is 25.5 Å². The van der Waals surface area contributed by atoms with Gasteiger partial charge in [0.2, 0.25) is 0 Å². The summed E-state index contributed by atoms with van der Waals surface area (Å²) in [5.41, 5.74) is 1.55. The standard InChI is InChI=1S/C17H21NO4.BrH/c1-11(6-12-2-4-14(19)5-3-12)18-10-17(22)13-7-15(20)9-16(21)8-13;/h2-5,7-9,11,17-22H,6,10H2,1H3;1H/t11-,17-;/m1./s1. The van der Waals surface area contributed by atoms with Crippen molar-refractivity contribution in [2.75, 3.05) is 6.54 Å². The lowest BCUT2D eigenvalue weighted by molar-refractivity contribution is 0.170. The molecular formula is C17H22BrNO4. The number of rotatable bonds is 6. The third-order valence-corrected chi connectivity index (χ3v) is 3.45. The Balaban J connectivity index is 0.00000264. The Bertz CT molecular complexity index is 598. The van der Waals surface area contributed by atoms with Gasteiger partial charge >= 0.3 is 0 Å². The van der Waals surface area contributed by atoms with E-state index in [-0.39, 0.29) is 40.3 Å². The average molecular weight is 384 g/mol. The second kappa shape index (κ2) is 8.76. The van der Waals surface area contributed by atoms with Crippen LogP contribution in [0.2, 0.25) is 0 Å². The topological polar surface area (TPSA) is 93.0 Å². The Morgan fingerprint density at radius 2 is 1.48 bits per heavy atom. The van der Waals surface area contributed by atoms with Gasteiger partial charge in [-0.3, -0.25) is 0 Å². The summed E-state index contributed by atoms with van der Waals surface area (Å²) in [7, 11) is 0. The van der Waals surface area contributed by atoms with E-state index in [0.717, 1.165) is 12.0 Å². The predicted molar refractivity (Wildman–Crippen MR) is 94.3 cm³/mol. The van der Waals surface area contributed by atoms with Gasteiger partial charge in [-0.2, -0.15) is 0 Å². The van der Waals surface area contributed by atoms with Crippen LogP contribution in [-0.2, 0) is 6.42 Å². The smallest absolute Gasteiger partial charge is 0.119 e. The Hall–Kier alpha value is -1.76. The van der Waals surface area contributed by atoms with Crippen molar-refractivity contribution < 1.29 is 20.4 Å². The molecule has 0 heterocycles. The van der Waals surface area contributed by atoms with E-state index in [1.54, 1.807) is 12.1 Å². The molecule has 2 aromatic carbocycles. The van der Waals surface area contributed by atoms with Crippen molar-refractivity contribution in [1.29, 1.82) is 0 Å². The lowest BCUT2D eigenvalue weighted by atomic mass is 10.1. The van der Waals surface area contributed by atoms with Gasteiger partial charge in [0.15, 0.2) is 0 Å². The summed E-state index contributed by atoms with van der Waals surface area (Å²) in [6.45, 7) is 2.31. The molecule has 0 aliphatic rings. The van der Waals surface area contributed by atoms with Gasteiger partial charge < -0.3 is 25.7 Å². The molecule has 0 radical (unpaired) electrons. The van der Waals surface area contributed by atoms with Gasteiger partial charge in [0.25, 0.3) is 0 Å². The molecule has 5 nitrogen and oxygen atoms in total. The lowest BCUT2D eigenvalue weighted by Crippen LogP contribution is -2.32. The highest BCUT2D eigenvalue weighted by Crippen LogP contribution is 2.24. The summed E-state index contributed by atoms with van der Waals surface area (Å²) in [5, 5.41) is 41.4. The number of hydrogen-bond donors (Lipinski definition) is 5. The molecule has 0 unspecified atom stereocenters. The predicted octanol–water partition coefficient (Wildman–Crippen LogP) is 2.64. The molecule has 2 atom stereocenters. The third-order valence-electron chi connectivity index (χ3n) is 3.45. The van der Waals surface area contributed by atoms with Crippen molar-refractivity contribution in [2.24, 2.45) is 0 Å². The minimum Gasteiger partial charge on any atom is -0.508 e. The average Bonchev–Trinajstić information content (AvgIpc) is 2.46. The molecule has 0 bridgehead atoms. The molecule has 0 saturated heterocycles. The van der Waals surface area contributed by atoms with Crippen LogP contribution in [0.3, 0.4) is 0 Å². The number of aliphatic hydroxyl groups excluding tert-OH is 1. The van der Waals surface area contributed by atoms with Crippen LogP contribution in [0.1, 0.15) is 24.2 Å². The van der Waals surface area contributed by atoms with Crippen molar-refractivity contribution in [1.82, 2.24) is 5.32 Å². The summed E-state index contributed by atoms with van der Waals surface area (Å²) in [5.74, 6) is 0.0841. The highest BCUT2D eigenvalue weighted by atomic mass is 79.9. The number of benzene rings is 2. The van der Waals surface area contributed by atoms with Crippen LogP contribution < -0.4 is 5.32 Å². The van der Waals surface area contributed by atoms with E-state index < -0.39 is 6.10 Å². The largest absolute Gasteiger partial charge is 0.508 e. The van der Waals surface area contributed by atoms with Gasteiger partial charge in [0.05, 0.1) is 6.10 Å². The zero-order valence-corrected chi connectivity index (χ0v) is 14.5. The van der Waals surface area contributed by atoms with Gasteiger partial charge in [0.1, 0.15) is 17.2 Å². The second-order valence-electron chi connectivity index (χ2n) is 5.48. The molecule has 23 heavy (non-hydrogen) atoms. The van der Waals surface area contributed by atoms with E-state index in [2.05, 4.69) is 5.32 Å². The summed E-state index contributed by atoms with van der Waals surface area (Å²) in [4.78, 5) is 0. The SMILES string of the molecule is Br.C[C@H](Cc1ccc(O)cc1)NC[C@@H](O)c1cc(O)cc(O)c1. The second-order valence-corrected chi connectivity index (χ2v) is 5.48.